The number of likely N-dealkylation sites (tertiary alicyclic amines) is 1. The molecule has 2 atom stereocenters. The number of fused-ring (bicyclic) bond motifs is 2. The summed E-state index contributed by atoms with van der Waals surface area (Å²) in [7, 11) is 1.69. The Balaban J connectivity index is 1.53. The fraction of sp³-hybridized carbons (Fsp3) is 0.435. The zero-order valence-corrected chi connectivity index (χ0v) is 15.5. The lowest BCUT2D eigenvalue weighted by Crippen LogP contribution is -2.59. The molecule has 1 saturated heterocycles. The van der Waals surface area contributed by atoms with Crippen molar-refractivity contribution in [2.45, 2.75) is 43.6 Å². The summed E-state index contributed by atoms with van der Waals surface area (Å²) in [5, 5.41) is 0. The third-order valence-corrected chi connectivity index (χ3v) is 6.27. The van der Waals surface area contributed by atoms with Gasteiger partial charge < -0.3 is 4.74 Å². The molecule has 3 nitrogen and oxygen atoms in total. The van der Waals surface area contributed by atoms with Gasteiger partial charge in [0.2, 0.25) is 0 Å². The molecule has 0 amide bonds. The van der Waals surface area contributed by atoms with E-state index in [2.05, 4.69) is 47.4 Å². The standard InChI is InChI=1S/C23H27NO2/c1-26-20-10-5-9-19(17-20)23-13-6-11-21(22(23)25)24(16-14-23)15-12-18-7-3-2-4-8-18/h2-5,7-10,17,21H,6,11-16H2,1H3/t21-,23-/m1/s1. The Morgan fingerprint density at radius 3 is 2.77 bits per heavy atom. The molecule has 2 aromatic rings. The highest BCUT2D eigenvalue weighted by Crippen LogP contribution is 2.45. The van der Waals surface area contributed by atoms with Crippen molar-refractivity contribution in [3.63, 3.8) is 0 Å². The number of Topliss-reactive ketones (excluding diaryl/α,β-unsaturated/α-hetero) is 1. The van der Waals surface area contributed by atoms with Crippen molar-refractivity contribution in [2.75, 3.05) is 20.2 Å². The summed E-state index contributed by atoms with van der Waals surface area (Å²) in [5.74, 6) is 1.27. The van der Waals surface area contributed by atoms with Crippen LogP contribution in [-0.2, 0) is 16.6 Å². The van der Waals surface area contributed by atoms with E-state index in [1.807, 2.05) is 12.1 Å². The van der Waals surface area contributed by atoms with E-state index in [1.165, 1.54) is 5.56 Å². The molecule has 2 fully saturated rings. The monoisotopic (exact) mass is 349 g/mol. The first-order valence-electron chi connectivity index (χ1n) is 9.70. The van der Waals surface area contributed by atoms with E-state index in [9.17, 15) is 4.79 Å². The number of rotatable bonds is 5. The molecule has 136 valence electrons. The van der Waals surface area contributed by atoms with Gasteiger partial charge in [-0.05, 0) is 48.9 Å². The van der Waals surface area contributed by atoms with Crippen molar-refractivity contribution < 1.29 is 9.53 Å². The van der Waals surface area contributed by atoms with Gasteiger partial charge in [-0.2, -0.15) is 0 Å². The Kier molecular flexibility index (Phi) is 4.82. The van der Waals surface area contributed by atoms with Crippen LogP contribution in [0.2, 0.25) is 0 Å². The van der Waals surface area contributed by atoms with E-state index < -0.39 is 0 Å². The third kappa shape index (κ3) is 3.05. The minimum Gasteiger partial charge on any atom is -0.497 e. The first-order valence-corrected chi connectivity index (χ1v) is 9.70. The molecule has 26 heavy (non-hydrogen) atoms. The highest BCUT2D eigenvalue weighted by Gasteiger charge is 2.50. The Morgan fingerprint density at radius 2 is 1.96 bits per heavy atom. The van der Waals surface area contributed by atoms with Crippen LogP contribution in [0.1, 0.15) is 36.8 Å². The minimum atomic E-state index is -0.305. The topological polar surface area (TPSA) is 29.5 Å². The molecule has 0 aromatic heterocycles. The van der Waals surface area contributed by atoms with Crippen molar-refractivity contribution in [1.82, 2.24) is 4.90 Å². The maximum Gasteiger partial charge on any atom is 0.160 e. The van der Waals surface area contributed by atoms with Gasteiger partial charge in [-0.3, -0.25) is 9.69 Å². The first kappa shape index (κ1) is 17.3. The number of ether oxygens (including phenoxy) is 1. The van der Waals surface area contributed by atoms with Crippen LogP contribution in [0.15, 0.2) is 54.6 Å². The maximum atomic E-state index is 13.5. The fourth-order valence-corrected chi connectivity index (χ4v) is 4.79. The van der Waals surface area contributed by atoms with E-state index in [0.717, 1.165) is 56.5 Å². The van der Waals surface area contributed by atoms with E-state index in [4.69, 9.17) is 4.74 Å². The van der Waals surface area contributed by atoms with Gasteiger partial charge in [-0.1, -0.05) is 48.9 Å². The van der Waals surface area contributed by atoms with Crippen molar-refractivity contribution >= 4 is 5.78 Å². The van der Waals surface area contributed by atoms with Crippen LogP contribution in [0.25, 0.3) is 0 Å². The number of hydrogen-bond donors (Lipinski definition) is 0. The number of carbonyl (C=O) groups excluding carboxylic acids is 1. The predicted molar refractivity (Wildman–Crippen MR) is 104 cm³/mol. The molecule has 2 aliphatic rings. The van der Waals surface area contributed by atoms with E-state index in [1.54, 1.807) is 7.11 Å². The quantitative estimate of drug-likeness (QED) is 0.817. The Bertz CT molecular complexity index is 773. The van der Waals surface area contributed by atoms with Crippen LogP contribution in [0.5, 0.6) is 5.75 Å². The van der Waals surface area contributed by atoms with Crippen molar-refractivity contribution in [1.29, 1.82) is 0 Å². The van der Waals surface area contributed by atoms with Gasteiger partial charge in [0.15, 0.2) is 5.78 Å². The molecule has 1 saturated carbocycles. The number of carbonyl (C=O) groups is 1. The lowest BCUT2D eigenvalue weighted by Gasteiger charge is -2.49. The molecule has 3 heteroatoms. The van der Waals surface area contributed by atoms with Crippen molar-refractivity contribution in [3.05, 3.63) is 65.7 Å². The molecule has 1 aliphatic carbocycles. The van der Waals surface area contributed by atoms with Crippen LogP contribution in [0.3, 0.4) is 0 Å². The first-order chi connectivity index (χ1) is 12.7. The Morgan fingerprint density at radius 1 is 1.12 bits per heavy atom. The SMILES string of the molecule is COc1cccc([C@]23CCC[C@H](C2=O)N(CCc2ccccc2)CC3)c1. The summed E-state index contributed by atoms with van der Waals surface area (Å²) in [5.41, 5.74) is 2.19. The Labute approximate surface area is 156 Å². The average molecular weight is 349 g/mol. The molecule has 2 bridgehead atoms. The molecule has 0 spiro atoms. The second-order valence-electron chi connectivity index (χ2n) is 7.61. The fourth-order valence-electron chi connectivity index (χ4n) is 4.79. The zero-order valence-electron chi connectivity index (χ0n) is 15.5. The van der Waals surface area contributed by atoms with E-state index in [-0.39, 0.29) is 11.5 Å². The zero-order chi connectivity index (χ0) is 18.0. The molecule has 1 aliphatic heterocycles. The van der Waals surface area contributed by atoms with Gasteiger partial charge in [0.1, 0.15) is 5.75 Å². The lowest BCUT2D eigenvalue weighted by atomic mass is 9.62. The molecule has 1 heterocycles. The Hall–Kier alpha value is -2.13. The summed E-state index contributed by atoms with van der Waals surface area (Å²) in [6.45, 7) is 1.97. The van der Waals surface area contributed by atoms with Crippen molar-refractivity contribution in [3.8, 4) is 5.75 Å². The summed E-state index contributed by atoms with van der Waals surface area (Å²) >= 11 is 0. The molecule has 2 aromatic carbocycles. The molecule has 0 unspecified atom stereocenters. The van der Waals surface area contributed by atoms with Gasteiger partial charge in [0, 0.05) is 13.1 Å². The van der Waals surface area contributed by atoms with Crippen molar-refractivity contribution in [2.24, 2.45) is 0 Å². The highest BCUT2D eigenvalue weighted by molar-refractivity contribution is 5.96. The van der Waals surface area contributed by atoms with E-state index >= 15 is 0 Å². The third-order valence-electron chi connectivity index (χ3n) is 6.27. The van der Waals surface area contributed by atoms with Crippen LogP contribution < -0.4 is 4.74 Å². The summed E-state index contributed by atoms with van der Waals surface area (Å²) in [4.78, 5) is 15.9. The highest BCUT2D eigenvalue weighted by atomic mass is 16.5. The van der Waals surface area contributed by atoms with Gasteiger partial charge in [0.25, 0.3) is 0 Å². The number of hydrogen-bond acceptors (Lipinski definition) is 3. The van der Waals surface area contributed by atoms with Crippen LogP contribution in [0.4, 0.5) is 0 Å². The maximum absolute atomic E-state index is 13.5. The number of benzene rings is 2. The van der Waals surface area contributed by atoms with E-state index in [0.29, 0.717) is 5.78 Å². The van der Waals surface area contributed by atoms with Crippen LogP contribution in [-0.4, -0.2) is 36.9 Å². The molecule has 0 radical (unpaired) electrons. The van der Waals surface area contributed by atoms with Gasteiger partial charge in [-0.25, -0.2) is 0 Å². The van der Waals surface area contributed by atoms with Crippen LogP contribution in [0, 0.1) is 0 Å². The number of ketones is 1. The number of piperidine rings is 1. The second kappa shape index (κ2) is 7.24. The predicted octanol–water partition coefficient (Wildman–Crippen LogP) is 4.00. The summed E-state index contributed by atoms with van der Waals surface area (Å²) in [6, 6.07) is 18.8. The summed E-state index contributed by atoms with van der Waals surface area (Å²) in [6.07, 6.45) is 5.03. The smallest absolute Gasteiger partial charge is 0.160 e. The minimum absolute atomic E-state index is 0.0763. The van der Waals surface area contributed by atoms with Gasteiger partial charge in [-0.15, -0.1) is 0 Å². The number of nitrogens with zero attached hydrogens (tertiary/aromatic N) is 1. The van der Waals surface area contributed by atoms with Gasteiger partial charge >= 0.3 is 0 Å². The molecule has 0 N–H and O–H groups in total. The molecule has 4 rings (SSSR count). The summed E-state index contributed by atoms with van der Waals surface area (Å²) < 4.78 is 5.40. The largest absolute Gasteiger partial charge is 0.497 e. The second-order valence-corrected chi connectivity index (χ2v) is 7.61. The van der Waals surface area contributed by atoms with Crippen LogP contribution >= 0.6 is 0 Å². The number of methoxy groups -OCH3 is 1. The van der Waals surface area contributed by atoms with Gasteiger partial charge in [0.05, 0.1) is 18.6 Å². The molecular formula is C23H27NO2. The molecular weight excluding hydrogens is 322 g/mol. The lowest BCUT2D eigenvalue weighted by molar-refractivity contribution is -0.137. The average Bonchev–Trinajstić information content (AvgIpc) is 2.68. The normalized spacial score (nSPS) is 25.9.